The SMILES string of the molecule is Cc1cnc(NC2CCCOc3cc(Cl)ccc32)nc1. The lowest BCUT2D eigenvalue weighted by Crippen LogP contribution is -2.12. The molecule has 0 fully saturated rings. The highest BCUT2D eigenvalue weighted by Gasteiger charge is 2.20. The Balaban J connectivity index is 1.88. The summed E-state index contributed by atoms with van der Waals surface area (Å²) in [5.74, 6) is 1.49. The average molecular weight is 290 g/mol. The van der Waals surface area contributed by atoms with Crippen molar-refractivity contribution in [1.29, 1.82) is 0 Å². The molecule has 0 amide bonds. The van der Waals surface area contributed by atoms with Gasteiger partial charge in [0.05, 0.1) is 12.6 Å². The van der Waals surface area contributed by atoms with E-state index in [4.69, 9.17) is 16.3 Å². The van der Waals surface area contributed by atoms with Crippen molar-refractivity contribution in [3.63, 3.8) is 0 Å². The Labute approximate surface area is 123 Å². The molecular weight excluding hydrogens is 274 g/mol. The Bertz CT molecular complexity index is 601. The molecule has 4 nitrogen and oxygen atoms in total. The maximum Gasteiger partial charge on any atom is 0.223 e. The van der Waals surface area contributed by atoms with E-state index in [-0.39, 0.29) is 6.04 Å². The number of aryl methyl sites for hydroxylation is 1. The van der Waals surface area contributed by atoms with Gasteiger partial charge in [0, 0.05) is 23.0 Å². The summed E-state index contributed by atoms with van der Waals surface area (Å²) in [6.45, 7) is 2.68. The summed E-state index contributed by atoms with van der Waals surface area (Å²) in [6, 6.07) is 5.91. The second-order valence-electron chi connectivity index (χ2n) is 4.95. The highest BCUT2D eigenvalue weighted by Crippen LogP contribution is 2.35. The smallest absolute Gasteiger partial charge is 0.223 e. The van der Waals surface area contributed by atoms with E-state index in [1.165, 1.54) is 0 Å². The van der Waals surface area contributed by atoms with Crippen molar-refractivity contribution >= 4 is 17.5 Å². The Morgan fingerprint density at radius 1 is 1.30 bits per heavy atom. The first-order chi connectivity index (χ1) is 9.72. The Morgan fingerprint density at radius 3 is 2.90 bits per heavy atom. The van der Waals surface area contributed by atoms with Crippen LogP contribution in [0.25, 0.3) is 0 Å². The molecule has 1 unspecified atom stereocenters. The van der Waals surface area contributed by atoms with Gasteiger partial charge in [0.25, 0.3) is 0 Å². The second-order valence-corrected chi connectivity index (χ2v) is 5.39. The highest BCUT2D eigenvalue weighted by atomic mass is 35.5. The Hall–Kier alpha value is -1.81. The number of hydrogen-bond acceptors (Lipinski definition) is 4. The second kappa shape index (κ2) is 5.67. The molecule has 1 aliphatic rings. The summed E-state index contributed by atoms with van der Waals surface area (Å²) in [4.78, 5) is 8.61. The molecule has 0 bridgehead atoms. The lowest BCUT2D eigenvalue weighted by Gasteiger charge is -2.18. The maximum absolute atomic E-state index is 6.03. The molecule has 1 atom stereocenters. The average Bonchev–Trinajstić information content (AvgIpc) is 2.63. The van der Waals surface area contributed by atoms with Gasteiger partial charge in [0.2, 0.25) is 5.95 Å². The van der Waals surface area contributed by atoms with Crippen molar-refractivity contribution in [3.05, 3.63) is 46.7 Å². The minimum Gasteiger partial charge on any atom is -0.493 e. The Morgan fingerprint density at radius 2 is 2.10 bits per heavy atom. The molecule has 0 saturated heterocycles. The first-order valence-electron chi connectivity index (χ1n) is 6.70. The number of ether oxygens (including phenoxy) is 1. The number of halogens is 1. The molecule has 1 aromatic carbocycles. The van der Waals surface area contributed by atoms with Crippen LogP contribution in [0.4, 0.5) is 5.95 Å². The molecule has 5 heteroatoms. The zero-order chi connectivity index (χ0) is 13.9. The quantitative estimate of drug-likeness (QED) is 0.914. The van der Waals surface area contributed by atoms with Gasteiger partial charge in [-0.05, 0) is 37.5 Å². The number of fused-ring (bicyclic) bond motifs is 1. The van der Waals surface area contributed by atoms with Crippen LogP contribution in [0.2, 0.25) is 5.02 Å². The van der Waals surface area contributed by atoms with Crippen molar-refractivity contribution in [1.82, 2.24) is 9.97 Å². The number of hydrogen-bond donors (Lipinski definition) is 1. The van der Waals surface area contributed by atoms with E-state index in [0.717, 1.165) is 29.7 Å². The van der Waals surface area contributed by atoms with Crippen LogP contribution in [0.15, 0.2) is 30.6 Å². The van der Waals surface area contributed by atoms with E-state index < -0.39 is 0 Å². The van der Waals surface area contributed by atoms with Crippen LogP contribution in [-0.2, 0) is 0 Å². The molecule has 1 N–H and O–H groups in total. The van der Waals surface area contributed by atoms with Gasteiger partial charge in [-0.15, -0.1) is 0 Å². The fourth-order valence-electron chi connectivity index (χ4n) is 2.32. The van der Waals surface area contributed by atoms with Crippen LogP contribution in [0, 0.1) is 6.92 Å². The molecular formula is C15H16ClN3O. The van der Waals surface area contributed by atoms with Gasteiger partial charge in [-0.2, -0.15) is 0 Å². The fraction of sp³-hybridized carbons (Fsp3) is 0.333. The first kappa shape index (κ1) is 13.2. The molecule has 0 spiro atoms. The van der Waals surface area contributed by atoms with Crippen molar-refractivity contribution in [3.8, 4) is 5.75 Å². The van der Waals surface area contributed by atoms with Gasteiger partial charge in [-0.25, -0.2) is 9.97 Å². The predicted octanol–water partition coefficient (Wildman–Crippen LogP) is 3.76. The van der Waals surface area contributed by atoms with Gasteiger partial charge >= 0.3 is 0 Å². The molecule has 1 aliphatic heterocycles. The van der Waals surface area contributed by atoms with Gasteiger partial charge in [0.15, 0.2) is 0 Å². The van der Waals surface area contributed by atoms with Crippen molar-refractivity contribution < 1.29 is 4.74 Å². The third-order valence-electron chi connectivity index (χ3n) is 3.33. The fourth-order valence-corrected chi connectivity index (χ4v) is 2.48. The lowest BCUT2D eigenvalue weighted by atomic mass is 10.0. The third-order valence-corrected chi connectivity index (χ3v) is 3.57. The summed E-state index contributed by atoms with van der Waals surface area (Å²) in [5, 5.41) is 4.07. The zero-order valence-electron chi connectivity index (χ0n) is 11.3. The highest BCUT2D eigenvalue weighted by molar-refractivity contribution is 6.30. The minimum atomic E-state index is 0.146. The molecule has 2 heterocycles. The number of rotatable bonds is 2. The number of nitrogens with one attached hydrogen (secondary N) is 1. The molecule has 0 saturated carbocycles. The van der Waals surface area contributed by atoms with E-state index in [2.05, 4.69) is 15.3 Å². The molecule has 3 rings (SSSR count). The zero-order valence-corrected chi connectivity index (χ0v) is 12.0. The standard InChI is InChI=1S/C15H16ClN3O/c1-10-8-17-15(18-9-10)19-13-3-2-6-20-14-7-11(16)4-5-12(13)14/h4-5,7-9,13H,2-3,6H2,1H3,(H,17,18,19). The third kappa shape index (κ3) is 2.85. The largest absolute Gasteiger partial charge is 0.493 e. The summed E-state index contributed by atoms with van der Waals surface area (Å²) < 4.78 is 5.75. The monoisotopic (exact) mass is 289 g/mol. The summed E-state index contributed by atoms with van der Waals surface area (Å²) >= 11 is 6.03. The van der Waals surface area contributed by atoms with E-state index in [1.807, 2.05) is 37.5 Å². The van der Waals surface area contributed by atoms with Gasteiger partial charge in [0.1, 0.15) is 5.75 Å². The number of nitrogens with zero attached hydrogens (tertiary/aromatic N) is 2. The van der Waals surface area contributed by atoms with Crippen LogP contribution in [0.3, 0.4) is 0 Å². The van der Waals surface area contributed by atoms with E-state index in [0.29, 0.717) is 17.6 Å². The molecule has 0 radical (unpaired) electrons. The van der Waals surface area contributed by atoms with Crippen molar-refractivity contribution in [2.45, 2.75) is 25.8 Å². The predicted molar refractivity (Wildman–Crippen MR) is 79.3 cm³/mol. The van der Waals surface area contributed by atoms with Gasteiger partial charge in [-0.3, -0.25) is 0 Å². The van der Waals surface area contributed by atoms with E-state index in [9.17, 15) is 0 Å². The molecule has 0 aliphatic carbocycles. The molecule has 1 aromatic heterocycles. The molecule has 20 heavy (non-hydrogen) atoms. The number of anilines is 1. The topological polar surface area (TPSA) is 47.0 Å². The van der Waals surface area contributed by atoms with E-state index in [1.54, 1.807) is 0 Å². The summed E-state index contributed by atoms with van der Waals surface area (Å²) in [7, 11) is 0. The summed E-state index contributed by atoms with van der Waals surface area (Å²) in [5.41, 5.74) is 2.16. The van der Waals surface area contributed by atoms with Gasteiger partial charge in [-0.1, -0.05) is 17.7 Å². The van der Waals surface area contributed by atoms with Crippen LogP contribution in [0.1, 0.15) is 30.0 Å². The molecule has 104 valence electrons. The first-order valence-corrected chi connectivity index (χ1v) is 7.07. The van der Waals surface area contributed by atoms with Crippen LogP contribution in [-0.4, -0.2) is 16.6 Å². The van der Waals surface area contributed by atoms with E-state index >= 15 is 0 Å². The maximum atomic E-state index is 6.03. The van der Waals surface area contributed by atoms with Crippen LogP contribution < -0.4 is 10.1 Å². The number of aromatic nitrogens is 2. The normalized spacial score (nSPS) is 17.8. The summed E-state index contributed by atoms with van der Waals surface area (Å²) in [6.07, 6.45) is 5.58. The van der Waals surface area contributed by atoms with Crippen molar-refractivity contribution in [2.24, 2.45) is 0 Å². The van der Waals surface area contributed by atoms with Crippen molar-refractivity contribution in [2.75, 3.05) is 11.9 Å². The van der Waals surface area contributed by atoms with Gasteiger partial charge < -0.3 is 10.1 Å². The molecule has 2 aromatic rings. The lowest BCUT2D eigenvalue weighted by molar-refractivity contribution is 0.316. The Kier molecular flexibility index (Phi) is 3.74. The minimum absolute atomic E-state index is 0.146. The van der Waals surface area contributed by atoms with Crippen LogP contribution in [0.5, 0.6) is 5.75 Å². The number of benzene rings is 1. The van der Waals surface area contributed by atoms with Crippen LogP contribution >= 0.6 is 11.6 Å².